The molecule has 0 saturated carbocycles. The number of ether oxygens (including phenoxy) is 1. The second-order valence-electron chi connectivity index (χ2n) is 4.59. The Morgan fingerprint density at radius 2 is 2.15 bits per heavy atom. The largest absolute Gasteiger partial charge is 0.490 e. The van der Waals surface area contributed by atoms with Gasteiger partial charge in [-0.25, -0.2) is 0 Å². The summed E-state index contributed by atoms with van der Waals surface area (Å²) in [5.41, 5.74) is 0.531. The highest BCUT2D eigenvalue weighted by Gasteiger charge is 2.18. The summed E-state index contributed by atoms with van der Waals surface area (Å²) < 4.78 is 4.98. The Hall–Kier alpha value is -2.31. The van der Waals surface area contributed by atoms with E-state index in [0.717, 1.165) is 25.9 Å². The number of benzene rings is 1. The van der Waals surface area contributed by atoms with Crippen molar-refractivity contribution in [1.82, 2.24) is 4.90 Å². The van der Waals surface area contributed by atoms with Crippen molar-refractivity contribution in [2.45, 2.75) is 12.8 Å². The molecule has 0 atom stereocenters. The van der Waals surface area contributed by atoms with Gasteiger partial charge in [-0.1, -0.05) is 0 Å². The molecule has 1 N–H and O–H groups in total. The Balaban J connectivity index is 1.99. The van der Waals surface area contributed by atoms with Gasteiger partial charge in [0.25, 0.3) is 0 Å². The summed E-state index contributed by atoms with van der Waals surface area (Å²) in [6, 6.07) is 4.45. The van der Waals surface area contributed by atoms with E-state index in [0.29, 0.717) is 5.69 Å². The summed E-state index contributed by atoms with van der Waals surface area (Å²) >= 11 is 0. The lowest BCUT2D eigenvalue weighted by Crippen LogP contribution is -2.32. The predicted molar refractivity (Wildman–Crippen MR) is 74.0 cm³/mol. The molecule has 7 heteroatoms. The van der Waals surface area contributed by atoms with Crippen molar-refractivity contribution in [2.75, 3.05) is 32.1 Å². The molecule has 1 amide bonds. The van der Waals surface area contributed by atoms with Crippen LogP contribution in [0, 0.1) is 10.1 Å². The lowest BCUT2D eigenvalue weighted by molar-refractivity contribution is -0.385. The number of carbonyl (C=O) groups excluding carboxylic acids is 1. The third-order valence-corrected chi connectivity index (χ3v) is 3.28. The third kappa shape index (κ3) is 3.17. The molecule has 0 unspecified atom stereocenters. The molecular formula is C13H17N3O4. The number of likely N-dealkylation sites (tertiary alicyclic amines) is 1. The number of rotatable bonds is 5. The fraction of sp³-hybridized carbons (Fsp3) is 0.462. The molecule has 1 aromatic rings. The first-order valence-corrected chi connectivity index (χ1v) is 6.46. The van der Waals surface area contributed by atoms with Gasteiger partial charge >= 0.3 is 5.69 Å². The van der Waals surface area contributed by atoms with E-state index in [1.807, 2.05) is 4.90 Å². The Bertz CT molecular complexity index is 512. The van der Waals surface area contributed by atoms with Crippen LogP contribution in [0.1, 0.15) is 12.8 Å². The topological polar surface area (TPSA) is 84.7 Å². The molecule has 1 heterocycles. The van der Waals surface area contributed by atoms with E-state index in [4.69, 9.17) is 4.74 Å². The minimum atomic E-state index is -0.502. The van der Waals surface area contributed by atoms with E-state index in [2.05, 4.69) is 5.32 Å². The number of amides is 1. The van der Waals surface area contributed by atoms with Crippen molar-refractivity contribution in [2.24, 2.45) is 0 Å². The second kappa shape index (κ2) is 6.23. The third-order valence-electron chi connectivity index (χ3n) is 3.28. The van der Waals surface area contributed by atoms with Crippen LogP contribution in [0.25, 0.3) is 0 Å². The normalized spacial score (nSPS) is 14.2. The summed E-state index contributed by atoms with van der Waals surface area (Å²) in [6.07, 6.45) is 2.11. The molecule has 1 aromatic carbocycles. The molecular weight excluding hydrogens is 262 g/mol. The van der Waals surface area contributed by atoms with Crippen molar-refractivity contribution in [3.05, 3.63) is 28.3 Å². The monoisotopic (exact) mass is 279 g/mol. The van der Waals surface area contributed by atoms with Crippen molar-refractivity contribution in [3.63, 3.8) is 0 Å². The summed E-state index contributed by atoms with van der Waals surface area (Å²) in [4.78, 5) is 24.0. The Labute approximate surface area is 116 Å². The van der Waals surface area contributed by atoms with Crippen molar-refractivity contribution < 1.29 is 14.5 Å². The van der Waals surface area contributed by atoms with Gasteiger partial charge in [-0.3, -0.25) is 14.9 Å². The average Bonchev–Trinajstić information content (AvgIpc) is 2.98. The quantitative estimate of drug-likeness (QED) is 0.654. The van der Waals surface area contributed by atoms with E-state index in [1.54, 1.807) is 6.07 Å². The van der Waals surface area contributed by atoms with Gasteiger partial charge in [-0.05, 0) is 18.9 Å². The van der Waals surface area contributed by atoms with Gasteiger partial charge in [-0.2, -0.15) is 0 Å². The van der Waals surface area contributed by atoms with E-state index in [9.17, 15) is 14.9 Å². The first kappa shape index (κ1) is 14.1. The zero-order valence-corrected chi connectivity index (χ0v) is 11.3. The van der Waals surface area contributed by atoms with E-state index < -0.39 is 4.92 Å². The summed E-state index contributed by atoms with van der Waals surface area (Å²) in [5, 5.41) is 13.7. The van der Waals surface area contributed by atoms with Gasteiger partial charge in [0.1, 0.15) is 0 Å². The first-order chi connectivity index (χ1) is 9.61. The molecule has 0 bridgehead atoms. The number of nitro groups is 1. The first-order valence-electron chi connectivity index (χ1n) is 6.46. The van der Waals surface area contributed by atoms with E-state index in [-0.39, 0.29) is 23.9 Å². The fourth-order valence-electron chi connectivity index (χ4n) is 2.19. The highest BCUT2D eigenvalue weighted by molar-refractivity contribution is 5.81. The Morgan fingerprint density at radius 3 is 2.75 bits per heavy atom. The van der Waals surface area contributed by atoms with Gasteiger partial charge in [0.2, 0.25) is 5.91 Å². The molecule has 1 saturated heterocycles. The second-order valence-corrected chi connectivity index (χ2v) is 4.59. The number of carbonyl (C=O) groups is 1. The molecule has 1 aliphatic rings. The summed E-state index contributed by atoms with van der Waals surface area (Å²) in [5.74, 6) is 0.216. The number of hydrogen-bond donors (Lipinski definition) is 1. The van der Waals surface area contributed by atoms with Crippen LogP contribution in [0.15, 0.2) is 18.2 Å². The molecule has 7 nitrogen and oxygen atoms in total. The van der Waals surface area contributed by atoms with Crippen LogP contribution in [0.3, 0.4) is 0 Å². The highest BCUT2D eigenvalue weighted by atomic mass is 16.6. The predicted octanol–water partition coefficient (Wildman–Crippen LogP) is 1.64. The molecule has 0 spiro atoms. The van der Waals surface area contributed by atoms with Crippen LogP contribution in [0.2, 0.25) is 0 Å². The SMILES string of the molecule is COc1cc(NCC(=O)N2CCCC2)ccc1[N+](=O)[O-]. The zero-order valence-electron chi connectivity index (χ0n) is 11.3. The number of anilines is 1. The van der Waals surface area contributed by atoms with Crippen LogP contribution in [0.5, 0.6) is 5.75 Å². The Morgan fingerprint density at radius 1 is 1.45 bits per heavy atom. The highest BCUT2D eigenvalue weighted by Crippen LogP contribution is 2.29. The molecule has 1 aliphatic heterocycles. The Kier molecular flexibility index (Phi) is 4.39. The lowest BCUT2D eigenvalue weighted by atomic mass is 10.2. The van der Waals surface area contributed by atoms with Crippen LogP contribution >= 0.6 is 0 Å². The molecule has 0 aliphatic carbocycles. The van der Waals surface area contributed by atoms with Crippen LogP contribution in [-0.2, 0) is 4.79 Å². The number of nitro benzene ring substituents is 1. The summed E-state index contributed by atoms with van der Waals surface area (Å²) in [6.45, 7) is 1.80. The van der Waals surface area contributed by atoms with Crippen molar-refractivity contribution in [1.29, 1.82) is 0 Å². The van der Waals surface area contributed by atoms with Gasteiger partial charge in [-0.15, -0.1) is 0 Å². The average molecular weight is 279 g/mol. The number of nitrogens with zero attached hydrogens (tertiary/aromatic N) is 2. The van der Waals surface area contributed by atoms with Gasteiger partial charge < -0.3 is 15.0 Å². The number of nitrogens with one attached hydrogen (secondary N) is 1. The zero-order chi connectivity index (χ0) is 14.5. The summed E-state index contributed by atoms with van der Waals surface area (Å²) in [7, 11) is 1.38. The number of methoxy groups -OCH3 is 1. The molecule has 20 heavy (non-hydrogen) atoms. The van der Waals surface area contributed by atoms with Gasteiger partial charge in [0.05, 0.1) is 18.6 Å². The maximum absolute atomic E-state index is 11.9. The molecule has 1 fully saturated rings. The van der Waals surface area contributed by atoms with Crippen LogP contribution < -0.4 is 10.1 Å². The maximum Gasteiger partial charge on any atom is 0.311 e. The smallest absolute Gasteiger partial charge is 0.311 e. The maximum atomic E-state index is 11.9. The van der Waals surface area contributed by atoms with Crippen LogP contribution in [0.4, 0.5) is 11.4 Å². The van der Waals surface area contributed by atoms with E-state index >= 15 is 0 Å². The molecule has 0 aromatic heterocycles. The fourth-order valence-corrected chi connectivity index (χ4v) is 2.19. The van der Waals surface area contributed by atoms with Crippen molar-refractivity contribution in [3.8, 4) is 5.75 Å². The molecule has 108 valence electrons. The standard InChI is InChI=1S/C13H17N3O4/c1-20-12-8-10(4-5-11(12)16(18)19)14-9-13(17)15-6-2-3-7-15/h4-5,8,14H,2-3,6-7,9H2,1H3. The van der Waals surface area contributed by atoms with Gasteiger partial charge in [0, 0.05) is 30.9 Å². The minimum Gasteiger partial charge on any atom is -0.490 e. The molecule has 0 radical (unpaired) electrons. The van der Waals surface area contributed by atoms with Gasteiger partial charge in [0.15, 0.2) is 5.75 Å². The van der Waals surface area contributed by atoms with Crippen LogP contribution in [-0.4, -0.2) is 42.5 Å². The number of hydrogen-bond acceptors (Lipinski definition) is 5. The minimum absolute atomic E-state index is 0.0415. The van der Waals surface area contributed by atoms with Crippen molar-refractivity contribution >= 4 is 17.3 Å². The lowest BCUT2D eigenvalue weighted by Gasteiger charge is -2.16. The molecule has 2 rings (SSSR count). The van der Waals surface area contributed by atoms with E-state index in [1.165, 1.54) is 19.2 Å².